The van der Waals surface area contributed by atoms with E-state index in [1.165, 1.54) is 28.8 Å². The highest BCUT2D eigenvalue weighted by Gasteiger charge is 2.12. The van der Waals surface area contributed by atoms with Gasteiger partial charge in [0.2, 0.25) is 0 Å². The number of nitrogen functional groups attached to an aromatic ring is 1. The lowest BCUT2D eigenvalue weighted by atomic mass is 10.0. The number of nitrogens with two attached hydrogens (primary N) is 1. The predicted molar refractivity (Wildman–Crippen MR) is 79.5 cm³/mol. The maximum absolute atomic E-state index is 13.4. The number of hydrogen-bond donors (Lipinski definition) is 1. The Labute approximate surface area is 113 Å². The van der Waals surface area contributed by atoms with Crippen molar-refractivity contribution in [3.05, 3.63) is 52.8 Å². The minimum absolute atomic E-state index is 0.280. The third-order valence-corrected chi connectivity index (χ3v) is 3.74. The molecule has 0 saturated carbocycles. The van der Waals surface area contributed by atoms with E-state index in [9.17, 15) is 4.39 Å². The smallest absolute Gasteiger partial charge is 0.125 e. The van der Waals surface area contributed by atoms with Crippen molar-refractivity contribution >= 4 is 17.1 Å². The Hall–Kier alpha value is -2.03. The zero-order valence-corrected chi connectivity index (χ0v) is 11.8. The van der Waals surface area contributed by atoms with E-state index in [0.717, 1.165) is 5.69 Å². The molecule has 0 fully saturated rings. The zero-order chi connectivity index (χ0) is 14.2. The van der Waals surface area contributed by atoms with Gasteiger partial charge in [0.15, 0.2) is 0 Å². The van der Waals surface area contributed by atoms with Gasteiger partial charge in [0.25, 0.3) is 0 Å². The summed E-state index contributed by atoms with van der Waals surface area (Å²) in [6, 6.07) is 8.55. The molecule has 2 nitrogen and oxygen atoms in total. The van der Waals surface area contributed by atoms with E-state index in [4.69, 9.17) is 5.73 Å². The number of nitrogens with zero attached hydrogens (tertiary/aromatic N) is 1. The van der Waals surface area contributed by atoms with E-state index >= 15 is 0 Å². The van der Waals surface area contributed by atoms with Gasteiger partial charge >= 0.3 is 0 Å². The standard InChI is InChI=1S/C16H19FN2/c1-10-5-8-15(12(3)11(10)2)19(4)16-9-13(17)6-7-14(16)18/h5-9H,18H2,1-4H3. The van der Waals surface area contributed by atoms with Crippen molar-refractivity contribution in [2.45, 2.75) is 20.8 Å². The van der Waals surface area contributed by atoms with Crippen molar-refractivity contribution < 1.29 is 4.39 Å². The number of hydrogen-bond acceptors (Lipinski definition) is 2. The molecule has 0 atom stereocenters. The van der Waals surface area contributed by atoms with Crippen molar-refractivity contribution in [3.63, 3.8) is 0 Å². The fraction of sp³-hybridized carbons (Fsp3) is 0.250. The lowest BCUT2D eigenvalue weighted by Gasteiger charge is -2.24. The molecular weight excluding hydrogens is 239 g/mol. The Morgan fingerprint density at radius 2 is 1.63 bits per heavy atom. The second-order valence-corrected chi connectivity index (χ2v) is 4.91. The molecule has 100 valence electrons. The largest absolute Gasteiger partial charge is 0.397 e. The lowest BCUT2D eigenvalue weighted by molar-refractivity contribution is 0.628. The van der Waals surface area contributed by atoms with Crippen molar-refractivity contribution in [1.29, 1.82) is 0 Å². The SMILES string of the molecule is Cc1ccc(N(C)c2cc(F)ccc2N)c(C)c1C. The van der Waals surface area contributed by atoms with Crippen LogP contribution in [0.2, 0.25) is 0 Å². The highest BCUT2D eigenvalue weighted by atomic mass is 19.1. The van der Waals surface area contributed by atoms with Gasteiger partial charge in [0, 0.05) is 12.7 Å². The molecule has 0 heterocycles. The second kappa shape index (κ2) is 4.92. The molecule has 19 heavy (non-hydrogen) atoms. The normalized spacial score (nSPS) is 10.6. The summed E-state index contributed by atoms with van der Waals surface area (Å²) in [5, 5.41) is 0. The minimum atomic E-state index is -0.280. The van der Waals surface area contributed by atoms with E-state index in [0.29, 0.717) is 11.4 Å². The molecule has 2 rings (SSSR count). The van der Waals surface area contributed by atoms with E-state index in [2.05, 4.69) is 26.8 Å². The first-order valence-electron chi connectivity index (χ1n) is 6.27. The molecule has 0 amide bonds. The second-order valence-electron chi connectivity index (χ2n) is 4.91. The maximum atomic E-state index is 13.4. The molecular formula is C16H19FN2. The van der Waals surface area contributed by atoms with E-state index < -0.39 is 0 Å². The van der Waals surface area contributed by atoms with Gasteiger partial charge in [0.1, 0.15) is 5.82 Å². The average Bonchev–Trinajstić information content (AvgIpc) is 2.38. The number of aryl methyl sites for hydroxylation is 1. The summed E-state index contributed by atoms with van der Waals surface area (Å²) in [6.07, 6.45) is 0. The Kier molecular flexibility index (Phi) is 3.47. The molecule has 2 N–H and O–H groups in total. The van der Waals surface area contributed by atoms with Crippen LogP contribution in [0.1, 0.15) is 16.7 Å². The predicted octanol–water partition coefficient (Wildman–Crippen LogP) is 4.10. The summed E-state index contributed by atoms with van der Waals surface area (Å²) in [5.41, 5.74) is 11.9. The van der Waals surface area contributed by atoms with Crippen molar-refractivity contribution in [1.82, 2.24) is 0 Å². The molecule has 2 aromatic carbocycles. The van der Waals surface area contributed by atoms with Crippen LogP contribution in [0.5, 0.6) is 0 Å². The van der Waals surface area contributed by atoms with Gasteiger partial charge in [0.05, 0.1) is 11.4 Å². The van der Waals surface area contributed by atoms with E-state index in [-0.39, 0.29) is 5.82 Å². The average molecular weight is 258 g/mol. The fourth-order valence-corrected chi connectivity index (χ4v) is 2.24. The van der Waals surface area contributed by atoms with Gasteiger partial charge < -0.3 is 10.6 Å². The number of halogens is 1. The third-order valence-electron chi connectivity index (χ3n) is 3.74. The first kappa shape index (κ1) is 13.4. The summed E-state index contributed by atoms with van der Waals surface area (Å²) >= 11 is 0. The van der Waals surface area contributed by atoms with Crippen LogP contribution in [-0.2, 0) is 0 Å². The van der Waals surface area contributed by atoms with Crippen LogP contribution in [0.4, 0.5) is 21.5 Å². The third kappa shape index (κ3) is 2.41. The van der Waals surface area contributed by atoms with Gasteiger partial charge in [-0.05, 0) is 61.7 Å². The zero-order valence-electron chi connectivity index (χ0n) is 11.8. The molecule has 0 bridgehead atoms. The van der Waals surface area contributed by atoms with Crippen LogP contribution in [0.15, 0.2) is 30.3 Å². The molecule has 0 saturated heterocycles. The van der Waals surface area contributed by atoms with Crippen molar-refractivity contribution in [3.8, 4) is 0 Å². The first-order valence-corrected chi connectivity index (χ1v) is 6.27. The van der Waals surface area contributed by atoms with E-state index in [1.54, 1.807) is 6.07 Å². The molecule has 0 radical (unpaired) electrons. The monoisotopic (exact) mass is 258 g/mol. The number of benzene rings is 2. The highest BCUT2D eigenvalue weighted by molar-refractivity contribution is 5.76. The van der Waals surface area contributed by atoms with Crippen LogP contribution in [0, 0.1) is 26.6 Å². The minimum Gasteiger partial charge on any atom is -0.397 e. The van der Waals surface area contributed by atoms with Crippen LogP contribution >= 0.6 is 0 Å². The molecule has 0 aliphatic heterocycles. The van der Waals surface area contributed by atoms with Gasteiger partial charge in [-0.25, -0.2) is 4.39 Å². The number of anilines is 3. The highest BCUT2D eigenvalue weighted by Crippen LogP contribution is 2.33. The molecule has 0 aliphatic carbocycles. The first-order chi connectivity index (χ1) is 8.91. The Bertz CT molecular complexity index is 620. The van der Waals surface area contributed by atoms with Crippen LogP contribution < -0.4 is 10.6 Å². The summed E-state index contributed by atoms with van der Waals surface area (Å²) in [7, 11) is 1.90. The summed E-state index contributed by atoms with van der Waals surface area (Å²) in [6.45, 7) is 6.25. The van der Waals surface area contributed by atoms with Crippen LogP contribution in [-0.4, -0.2) is 7.05 Å². The van der Waals surface area contributed by atoms with Gasteiger partial charge in [-0.3, -0.25) is 0 Å². The molecule has 0 aromatic heterocycles. The Morgan fingerprint density at radius 1 is 0.947 bits per heavy atom. The van der Waals surface area contributed by atoms with Crippen molar-refractivity contribution in [2.24, 2.45) is 0 Å². The lowest BCUT2D eigenvalue weighted by Crippen LogP contribution is -2.14. The van der Waals surface area contributed by atoms with Crippen LogP contribution in [0.3, 0.4) is 0 Å². The van der Waals surface area contributed by atoms with Gasteiger partial charge in [-0.2, -0.15) is 0 Å². The topological polar surface area (TPSA) is 29.3 Å². The molecule has 2 aromatic rings. The molecule has 0 aliphatic rings. The summed E-state index contributed by atoms with van der Waals surface area (Å²) < 4.78 is 13.4. The quantitative estimate of drug-likeness (QED) is 0.822. The Balaban J connectivity index is 2.53. The fourth-order valence-electron chi connectivity index (χ4n) is 2.24. The van der Waals surface area contributed by atoms with Gasteiger partial charge in [-0.15, -0.1) is 0 Å². The molecule has 3 heteroatoms. The van der Waals surface area contributed by atoms with E-state index in [1.807, 2.05) is 18.0 Å². The van der Waals surface area contributed by atoms with Crippen molar-refractivity contribution in [2.75, 3.05) is 17.7 Å². The maximum Gasteiger partial charge on any atom is 0.125 e. The van der Waals surface area contributed by atoms with Crippen LogP contribution in [0.25, 0.3) is 0 Å². The number of rotatable bonds is 2. The summed E-state index contributed by atoms with van der Waals surface area (Å²) in [4.78, 5) is 1.93. The van der Waals surface area contributed by atoms with Gasteiger partial charge in [-0.1, -0.05) is 6.07 Å². The summed E-state index contributed by atoms with van der Waals surface area (Å²) in [5.74, 6) is -0.280. The molecule has 0 spiro atoms. The molecule has 0 unspecified atom stereocenters. The Morgan fingerprint density at radius 3 is 2.32 bits per heavy atom.